The van der Waals surface area contributed by atoms with Crippen molar-refractivity contribution < 1.29 is 4.74 Å². The Hall–Kier alpha value is -2.22. The SMILES string of the molecule is Nc1ccc(O/C=C/c2ccccc2)cc1. The number of hydrogen-bond donors (Lipinski definition) is 1. The number of hydrogen-bond acceptors (Lipinski definition) is 2. The van der Waals surface area contributed by atoms with Crippen LogP contribution in [0.3, 0.4) is 0 Å². The highest BCUT2D eigenvalue weighted by atomic mass is 16.5. The summed E-state index contributed by atoms with van der Waals surface area (Å²) < 4.78 is 5.43. The van der Waals surface area contributed by atoms with E-state index >= 15 is 0 Å². The molecule has 2 nitrogen and oxygen atoms in total. The molecule has 0 atom stereocenters. The third-order valence-electron chi connectivity index (χ3n) is 2.14. The van der Waals surface area contributed by atoms with Gasteiger partial charge in [0.2, 0.25) is 0 Å². The zero-order chi connectivity index (χ0) is 11.2. The van der Waals surface area contributed by atoms with Gasteiger partial charge in [0.25, 0.3) is 0 Å². The Morgan fingerprint density at radius 3 is 2.25 bits per heavy atom. The van der Waals surface area contributed by atoms with Crippen molar-refractivity contribution in [3.63, 3.8) is 0 Å². The molecule has 2 aromatic carbocycles. The molecule has 0 aliphatic heterocycles. The Morgan fingerprint density at radius 2 is 1.56 bits per heavy atom. The molecule has 0 heterocycles. The highest BCUT2D eigenvalue weighted by Gasteiger charge is 1.89. The Kier molecular flexibility index (Phi) is 3.24. The number of anilines is 1. The van der Waals surface area contributed by atoms with Crippen LogP contribution in [-0.4, -0.2) is 0 Å². The maximum absolute atomic E-state index is 5.57. The second-order valence-corrected chi connectivity index (χ2v) is 3.40. The van der Waals surface area contributed by atoms with Crippen LogP contribution in [-0.2, 0) is 0 Å². The van der Waals surface area contributed by atoms with Crippen LogP contribution in [0.15, 0.2) is 60.9 Å². The summed E-state index contributed by atoms with van der Waals surface area (Å²) >= 11 is 0. The molecule has 0 saturated heterocycles. The number of benzene rings is 2. The number of rotatable bonds is 3. The van der Waals surface area contributed by atoms with Crippen molar-refractivity contribution in [2.24, 2.45) is 0 Å². The first kappa shape index (κ1) is 10.3. The zero-order valence-electron chi connectivity index (χ0n) is 8.84. The minimum atomic E-state index is 0.736. The average molecular weight is 211 g/mol. The molecule has 2 N–H and O–H groups in total. The molecule has 0 bridgehead atoms. The molecule has 0 fully saturated rings. The Labute approximate surface area is 95.0 Å². The van der Waals surface area contributed by atoms with Crippen LogP contribution >= 0.6 is 0 Å². The van der Waals surface area contributed by atoms with E-state index in [-0.39, 0.29) is 0 Å². The average Bonchev–Trinajstić information content (AvgIpc) is 2.33. The molecule has 0 aliphatic rings. The van der Waals surface area contributed by atoms with E-state index in [0.717, 1.165) is 17.0 Å². The maximum atomic E-state index is 5.57. The smallest absolute Gasteiger partial charge is 0.126 e. The van der Waals surface area contributed by atoms with E-state index in [0.29, 0.717) is 0 Å². The van der Waals surface area contributed by atoms with E-state index < -0.39 is 0 Å². The normalized spacial score (nSPS) is 10.5. The number of nitrogen functional groups attached to an aromatic ring is 1. The molecule has 0 aliphatic carbocycles. The van der Waals surface area contributed by atoms with Crippen LogP contribution in [0.1, 0.15) is 5.56 Å². The third-order valence-corrected chi connectivity index (χ3v) is 2.14. The highest BCUT2D eigenvalue weighted by molar-refractivity contribution is 5.48. The first-order chi connectivity index (χ1) is 7.84. The van der Waals surface area contributed by atoms with Gasteiger partial charge < -0.3 is 10.5 Å². The minimum Gasteiger partial charge on any atom is -0.465 e. The topological polar surface area (TPSA) is 35.2 Å². The third kappa shape index (κ3) is 2.89. The molecule has 0 unspecified atom stereocenters. The van der Waals surface area contributed by atoms with Gasteiger partial charge in [-0.25, -0.2) is 0 Å². The minimum absolute atomic E-state index is 0.736. The van der Waals surface area contributed by atoms with Gasteiger partial charge in [0, 0.05) is 5.69 Å². The molecule has 0 radical (unpaired) electrons. The fraction of sp³-hybridized carbons (Fsp3) is 0. The molecule has 80 valence electrons. The van der Waals surface area contributed by atoms with Crippen molar-refractivity contribution in [3.05, 3.63) is 66.4 Å². The number of nitrogens with two attached hydrogens (primary N) is 1. The highest BCUT2D eigenvalue weighted by Crippen LogP contribution is 2.13. The van der Waals surface area contributed by atoms with Crippen LogP contribution < -0.4 is 10.5 Å². The Bertz CT molecular complexity index is 460. The summed E-state index contributed by atoms with van der Waals surface area (Å²) in [7, 11) is 0. The van der Waals surface area contributed by atoms with E-state index in [4.69, 9.17) is 10.5 Å². The monoisotopic (exact) mass is 211 g/mol. The van der Waals surface area contributed by atoms with Gasteiger partial charge in [-0.3, -0.25) is 0 Å². The van der Waals surface area contributed by atoms with Crippen LogP contribution in [0, 0.1) is 0 Å². The molecule has 0 saturated carbocycles. The molecule has 2 aromatic rings. The molecule has 0 aromatic heterocycles. The molecule has 2 rings (SSSR count). The fourth-order valence-corrected chi connectivity index (χ4v) is 1.30. The lowest BCUT2D eigenvalue weighted by Gasteiger charge is -1.99. The van der Waals surface area contributed by atoms with Gasteiger partial charge in [-0.15, -0.1) is 0 Å². The van der Waals surface area contributed by atoms with Gasteiger partial charge in [-0.1, -0.05) is 30.3 Å². The van der Waals surface area contributed by atoms with Crippen LogP contribution in [0.5, 0.6) is 5.75 Å². The lowest BCUT2D eigenvalue weighted by Crippen LogP contribution is -1.85. The van der Waals surface area contributed by atoms with Gasteiger partial charge in [-0.2, -0.15) is 0 Å². The van der Waals surface area contributed by atoms with Crippen molar-refractivity contribution in [1.29, 1.82) is 0 Å². The molecular formula is C14H13NO. The zero-order valence-corrected chi connectivity index (χ0v) is 8.84. The van der Waals surface area contributed by atoms with E-state index in [1.165, 1.54) is 0 Å². The number of ether oxygens (including phenoxy) is 1. The van der Waals surface area contributed by atoms with E-state index in [1.54, 1.807) is 6.26 Å². The first-order valence-electron chi connectivity index (χ1n) is 5.08. The summed E-state index contributed by atoms with van der Waals surface area (Å²) in [5, 5.41) is 0. The summed E-state index contributed by atoms with van der Waals surface area (Å²) in [5.74, 6) is 0.779. The van der Waals surface area contributed by atoms with Gasteiger partial charge in [0.1, 0.15) is 5.75 Å². The van der Waals surface area contributed by atoms with Gasteiger partial charge in [0.15, 0.2) is 0 Å². The lowest BCUT2D eigenvalue weighted by atomic mass is 10.2. The predicted molar refractivity (Wildman–Crippen MR) is 67.0 cm³/mol. The van der Waals surface area contributed by atoms with E-state index in [9.17, 15) is 0 Å². The van der Waals surface area contributed by atoms with Crippen molar-refractivity contribution in [1.82, 2.24) is 0 Å². The Morgan fingerprint density at radius 1 is 0.875 bits per heavy atom. The van der Waals surface area contributed by atoms with Gasteiger partial charge in [-0.05, 0) is 35.9 Å². The second-order valence-electron chi connectivity index (χ2n) is 3.40. The molecule has 0 amide bonds. The molecule has 0 spiro atoms. The van der Waals surface area contributed by atoms with Crippen molar-refractivity contribution in [2.75, 3.05) is 5.73 Å². The van der Waals surface area contributed by atoms with Crippen LogP contribution in [0.4, 0.5) is 5.69 Å². The largest absolute Gasteiger partial charge is 0.465 e. The van der Waals surface area contributed by atoms with Crippen molar-refractivity contribution >= 4 is 11.8 Å². The summed E-state index contributed by atoms with van der Waals surface area (Å²) in [6.07, 6.45) is 3.58. The van der Waals surface area contributed by atoms with Crippen molar-refractivity contribution in [2.45, 2.75) is 0 Å². The predicted octanol–water partition coefficient (Wildman–Crippen LogP) is 3.32. The standard InChI is InChI=1S/C14H13NO/c15-13-6-8-14(9-7-13)16-11-10-12-4-2-1-3-5-12/h1-11H,15H2/b11-10+. The molecule has 16 heavy (non-hydrogen) atoms. The summed E-state index contributed by atoms with van der Waals surface area (Å²) in [4.78, 5) is 0. The summed E-state index contributed by atoms with van der Waals surface area (Å²) in [5.41, 5.74) is 7.42. The lowest BCUT2D eigenvalue weighted by molar-refractivity contribution is 0.485. The molecule has 2 heteroatoms. The van der Waals surface area contributed by atoms with Crippen LogP contribution in [0.25, 0.3) is 6.08 Å². The quantitative estimate of drug-likeness (QED) is 0.624. The molecular weight excluding hydrogens is 198 g/mol. The van der Waals surface area contributed by atoms with Crippen molar-refractivity contribution in [3.8, 4) is 5.75 Å². The fourth-order valence-electron chi connectivity index (χ4n) is 1.30. The summed E-state index contributed by atoms with van der Waals surface area (Å²) in [6.45, 7) is 0. The summed E-state index contributed by atoms with van der Waals surface area (Å²) in [6, 6.07) is 17.3. The maximum Gasteiger partial charge on any atom is 0.126 e. The van der Waals surface area contributed by atoms with E-state index in [2.05, 4.69) is 0 Å². The van der Waals surface area contributed by atoms with Gasteiger partial charge in [0.05, 0.1) is 6.26 Å². The first-order valence-corrected chi connectivity index (χ1v) is 5.08. The van der Waals surface area contributed by atoms with Crippen LogP contribution in [0.2, 0.25) is 0 Å². The second kappa shape index (κ2) is 5.03. The Balaban J connectivity index is 1.97. The van der Waals surface area contributed by atoms with Gasteiger partial charge >= 0.3 is 0 Å². The van der Waals surface area contributed by atoms with E-state index in [1.807, 2.05) is 60.7 Å².